The molecule has 1 amide bonds. The van der Waals surface area contributed by atoms with Crippen molar-refractivity contribution < 1.29 is 9.42 Å². The second kappa shape index (κ2) is 8.04. The van der Waals surface area contributed by atoms with Crippen molar-refractivity contribution in [3.05, 3.63) is 71.2 Å². The van der Waals surface area contributed by atoms with Gasteiger partial charge in [0.15, 0.2) is 5.69 Å². The number of benzene rings is 2. The lowest BCUT2D eigenvalue weighted by molar-refractivity contribution is 0.0950. The normalized spacial score (nSPS) is 11.7. The fraction of sp³-hybridized carbons (Fsp3) is 0.0476. The summed E-state index contributed by atoms with van der Waals surface area (Å²) in [5.41, 5.74) is 10.5. The van der Waals surface area contributed by atoms with Crippen molar-refractivity contribution in [2.24, 2.45) is 5.10 Å². The smallest absolute Gasteiger partial charge is 0.294 e. The number of rotatable bonds is 5. The fourth-order valence-electron chi connectivity index (χ4n) is 3.34. The number of hydrazone groups is 1. The van der Waals surface area contributed by atoms with Crippen LogP contribution in [0.15, 0.2) is 69.7 Å². The number of nitrogens with one attached hydrogen (secondary N) is 1. The van der Waals surface area contributed by atoms with E-state index < -0.39 is 5.91 Å². The zero-order valence-electron chi connectivity index (χ0n) is 16.8. The molecular formula is C21H16N8O2S. The third-order valence-electron chi connectivity index (χ3n) is 4.84. The molecule has 0 aliphatic carbocycles. The Hall–Kier alpha value is -4.38. The second-order valence-corrected chi connectivity index (χ2v) is 7.76. The highest BCUT2D eigenvalue weighted by molar-refractivity contribution is 7.13. The highest BCUT2D eigenvalue weighted by Gasteiger charge is 2.25. The third kappa shape index (κ3) is 3.40. The Morgan fingerprint density at radius 2 is 1.97 bits per heavy atom. The Kier molecular flexibility index (Phi) is 4.92. The van der Waals surface area contributed by atoms with Crippen LogP contribution < -0.4 is 11.2 Å². The Morgan fingerprint density at radius 1 is 1.12 bits per heavy atom. The molecule has 0 fully saturated rings. The van der Waals surface area contributed by atoms with E-state index in [9.17, 15) is 4.79 Å². The van der Waals surface area contributed by atoms with E-state index in [0.717, 1.165) is 21.2 Å². The summed E-state index contributed by atoms with van der Waals surface area (Å²) in [6.45, 7) is 1.83. The first-order chi connectivity index (χ1) is 15.6. The second-order valence-electron chi connectivity index (χ2n) is 6.81. The number of thiophene rings is 1. The molecule has 0 spiro atoms. The van der Waals surface area contributed by atoms with Crippen molar-refractivity contribution in [1.82, 2.24) is 30.7 Å². The largest absolute Gasteiger partial charge is 0.378 e. The van der Waals surface area contributed by atoms with Crippen molar-refractivity contribution in [2.75, 3.05) is 5.73 Å². The van der Waals surface area contributed by atoms with Gasteiger partial charge in [0, 0.05) is 5.56 Å². The van der Waals surface area contributed by atoms with E-state index >= 15 is 0 Å². The van der Waals surface area contributed by atoms with Gasteiger partial charge in [-0.3, -0.25) is 4.79 Å². The van der Waals surface area contributed by atoms with Gasteiger partial charge in [-0.2, -0.15) is 9.78 Å². The molecule has 0 bridgehead atoms. The molecule has 0 atom stereocenters. The zero-order chi connectivity index (χ0) is 22.1. The van der Waals surface area contributed by atoms with Gasteiger partial charge < -0.3 is 5.73 Å². The van der Waals surface area contributed by atoms with Gasteiger partial charge in [0.2, 0.25) is 11.6 Å². The number of nitrogen functional groups attached to an aromatic ring is 1. The van der Waals surface area contributed by atoms with Gasteiger partial charge >= 0.3 is 0 Å². The van der Waals surface area contributed by atoms with Crippen LogP contribution in [0.3, 0.4) is 0 Å². The predicted octanol–water partition coefficient (Wildman–Crippen LogP) is 3.27. The Labute approximate surface area is 185 Å². The van der Waals surface area contributed by atoms with Crippen LogP contribution >= 0.6 is 11.3 Å². The number of hydrogen-bond acceptors (Lipinski definition) is 9. The quantitative estimate of drug-likeness (QED) is 0.313. The molecule has 0 saturated carbocycles. The summed E-state index contributed by atoms with van der Waals surface area (Å²) in [6, 6.07) is 17.6. The first-order valence-corrected chi connectivity index (χ1v) is 10.4. The van der Waals surface area contributed by atoms with Gasteiger partial charge in [-0.1, -0.05) is 53.7 Å². The van der Waals surface area contributed by atoms with Crippen LogP contribution in [0.25, 0.3) is 27.2 Å². The molecular weight excluding hydrogens is 428 g/mol. The molecule has 32 heavy (non-hydrogen) atoms. The van der Waals surface area contributed by atoms with E-state index in [1.54, 1.807) is 0 Å². The molecule has 158 valence electrons. The monoisotopic (exact) mass is 444 g/mol. The number of nitrogens with zero attached hydrogens (tertiary/aromatic N) is 6. The number of nitrogens with two attached hydrogens (primary N) is 1. The van der Waals surface area contributed by atoms with Crippen LogP contribution in [0.5, 0.6) is 0 Å². The lowest BCUT2D eigenvalue weighted by Gasteiger charge is -2.07. The number of hydrogen-bond donors (Lipinski definition) is 2. The molecule has 5 aromatic rings. The number of aromatic nitrogens is 5. The van der Waals surface area contributed by atoms with E-state index in [1.807, 2.05) is 66.9 Å². The van der Waals surface area contributed by atoms with Crippen molar-refractivity contribution in [2.45, 2.75) is 6.92 Å². The molecule has 3 aromatic heterocycles. The van der Waals surface area contributed by atoms with Crippen molar-refractivity contribution in [3.8, 4) is 16.4 Å². The average molecular weight is 444 g/mol. The molecule has 3 N–H and O–H groups in total. The molecule has 10 nitrogen and oxygen atoms in total. The summed E-state index contributed by atoms with van der Waals surface area (Å²) in [6.07, 6.45) is 0. The van der Waals surface area contributed by atoms with Crippen LogP contribution in [-0.2, 0) is 0 Å². The standard InChI is InChI=1S/C21H16N8O2S/c1-12(14-9-4-7-13-6-2-3-8-15(13)14)23-25-21(30)17-18(16-10-5-11-32-16)29(28-24-17)20-19(22)26-31-27-20/h2-11H,1H3,(H2,22,26)(H,25,30)/b23-12-. The van der Waals surface area contributed by atoms with Crippen molar-refractivity contribution >= 4 is 39.5 Å². The van der Waals surface area contributed by atoms with Crippen LogP contribution in [0, 0.1) is 0 Å². The average Bonchev–Trinajstić information content (AvgIpc) is 3.57. The van der Waals surface area contributed by atoms with Crippen LogP contribution in [0.4, 0.5) is 5.82 Å². The predicted molar refractivity (Wildman–Crippen MR) is 121 cm³/mol. The van der Waals surface area contributed by atoms with Crippen LogP contribution in [0.1, 0.15) is 23.0 Å². The molecule has 3 heterocycles. The number of carbonyl (C=O) groups excluding carboxylic acids is 1. The highest BCUT2D eigenvalue weighted by atomic mass is 32.1. The molecule has 0 aliphatic heterocycles. The molecule has 0 unspecified atom stereocenters. The first kappa shape index (κ1) is 19.6. The summed E-state index contributed by atoms with van der Waals surface area (Å²) in [7, 11) is 0. The lowest BCUT2D eigenvalue weighted by atomic mass is 10.0. The van der Waals surface area contributed by atoms with Gasteiger partial charge in [0.05, 0.1) is 10.6 Å². The molecule has 0 aliphatic rings. The lowest BCUT2D eigenvalue weighted by Crippen LogP contribution is -2.21. The first-order valence-electron chi connectivity index (χ1n) is 9.54. The number of carbonyl (C=O) groups is 1. The summed E-state index contributed by atoms with van der Waals surface area (Å²) in [5.74, 6) is -0.339. The summed E-state index contributed by atoms with van der Waals surface area (Å²) < 4.78 is 6.00. The highest BCUT2D eigenvalue weighted by Crippen LogP contribution is 2.30. The minimum atomic E-state index is -0.519. The maximum Gasteiger partial charge on any atom is 0.294 e. The van der Waals surface area contributed by atoms with E-state index in [2.05, 4.69) is 35.8 Å². The van der Waals surface area contributed by atoms with Gasteiger partial charge in [-0.25, -0.2) is 10.1 Å². The Bertz CT molecular complexity index is 1450. The van der Waals surface area contributed by atoms with E-state index in [1.165, 1.54) is 16.0 Å². The van der Waals surface area contributed by atoms with Crippen LogP contribution in [0.2, 0.25) is 0 Å². The topological polar surface area (TPSA) is 137 Å². The Balaban J connectivity index is 1.50. The zero-order valence-corrected chi connectivity index (χ0v) is 17.6. The minimum absolute atomic E-state index is 0.0319. The summed E-state index contributed by atoms with van der Waals surface area (Å²) in [5, 5.41) is 23.7. The van der Waals surface area contributed by atoms with Gasteiger partial charge in [0.1, 0.15) is 5.69 Å². The van der Waals surface area contributed by atoms with Crippen molar-refractivity contribution in [1.29, 1.82) is 0 Å². The summed E-state index contributed by atoms with van der Waals surface area (Å²) >= 11 is 1.42. The molecule has 0 radical (unpaired) electrons. The van der Waals surface area contributed by atoms with E-state index in [0.29, 0.717) is 11.4 Å². The summed E-state index contributed by atoms with van der Waals surface area (Å²) in [4.78, 5) is 13.8. The minimum Gasteiger partial charge on any atom is -0.378 e. The third-order valence-corrected chi connectivity index (χ3v) is 5.72. The van der Waals surface area contributed by atoms with Gasteiger partial charge in [-0.15, -0.1) is 16.4 Å². The van der Waals surface area contributed by atoms with Gasteiger partial charge in [-0.05, 0) is 39.5 Å². The van der Waals surface area contributed by atoms with Gasteiger partial charge in [0.25, 0.3) is 5.91 Å². The Morgan fingerprint density at radius 3 is 2.75 bits per heavy atom. The number of amides is 1. The number of anilines is 1. The van der Waals surface area contributed by atoms with E-state index in [4.69, 9.17) is 5.73 Å². The molecule has 11 heteroatoms. The van der Waals surface area contributed by atoms with Crippen molar-refractivity contribution in [3.63, 3.8) is 0 Å². The van der Waals surface area contributed by atoms with E-state index in [-0.39, 0.29) is 17.3 Å². The maximum atomic E-state index is 13.0. The maximum absolute atomic E-state index is 13.0. The fourth-order valence-corrected chi connectivity index (χ4v) is 4.10. The van der Waals surface area contributed by atoms with Crippen LogP contribution in [-0.4, -0.2) is 36.9 Å². The SMILES string of the molecule is C/C(=N/NC(=O)c1nnn(-c2nonc2N)c1-c1cccs1)c1cccc2ccccc12. The molecule has 5 rings (SSSR count). The molecule has 0 saturated heterocycles. The number of fused-ring (bicyclic) bond motifs is 1. The molecule has 2 aromatic carbocycles.